The highest BCUT2D eigenvalue weighted by Crippen LogP contribution is 2.31. The number of carbonyl (C=O) groups excluding carboxylic acids is 1. The molecule has 4 heteroatoms. The van der Waals surface area contributed by atoms with Crippen LogP contribution in [0.2, 0.25) is 0 Å². The fourth-order valence-electron chi connectivity index (χ4n) is 1.87. The van der Waals surface area contributed by atoms with E-state index in [1.807, 2.05) is 38.1 Å². The number of benzene rings is 1. The van der Waals surface area contributed by atoms with E-state index in [-0.39, 0.29) is 11.8 Å². The van der Waals surface area contributed by atoms with Gasteiger partial charge in [0.05, 0.1) is 11.6 Å². The van der Waals surface area contributed by atoms with Gasteiger partial charge in [-0.05, 0) is 41.4 Å². The van der Waals surface area contributed by atoms with Crippen molar-refractivity contribution >= 4 is 33.2 Å². The second-order valence-electron chi connectivity index (χ2n) is 3.80. The summed E-state index contributed by atoms with van der Waals surface area (Å²) in [6, 6.07) is 7.61. The Hall–Kier alpha value is -1.16. The number of rotatable bonds is 2. The normalized spacial score (nSPS) is 20.2. The van der Waals surface area contributed by atoms with E-state index in [4.69, 9.17) is 0 Å². The van der Waals surface area contributed by atoms with Gasteiger partial charge in [0.1, 0.15) is 0 Å². The minimum Gasteiger partial charge on any atom is -0.272 e. The van der Waals surface area contributed by atoms with Crippen molar-refractivity contribution in [3.63, 3.8) is 0 Å². The smallest absolute Gasteiger partial charge is 0.256 e. The Kier molecular flexibility index (Phi) is 3.10. The zero-order valence-corrected chi connectivity index (χ0v) is 10.9. The summed E-state index contributed by atoms with van der Waals surface area (Å²) in [5.74, 6) is -0.000920. The molecule has 0 spiro atoms. The first-order valence-corrected chi connectivity index (χ1v) is 6.08. The van der Waals surface area contributed by atoms with Crippen molar-refractivity contribution in [1.82, 2.24) is 0 Å². The van der Waals surface area contributed by atoms with Crippen LogP contribution in [-0.2, 0) is 4.79 Å². The number of para-hydroxylation sites is 1. The molecule has 0 aliphatic carbocycles. The van der Waals surface area contributed by atoms with E-state index in [1.54, 1.807) is 0 Å². The van der Waals surface area contributed by atoms with Crippen LogP contribution in [0.3, 0.4) is 0 Å². The Morgan fingerprint density at radius 1 is 1.44 bits per heavy atom. The van der Waals surface area contributed by atoms with Crippen LogP contribution in [0.4, 0.5) is 5.69 Å². The zero-order valence-electron chi connectivity index (χ0n) is 9.27. The number of hydrazone groups is 1. The minimum atomic E-state index is -0.0629. The lowest BCUT2D eigenvalue weighted by Crippen LogP contribution is -2.26. The molecule has 1 atom stereocenters. The van der Waals surface area contributed by atoms with Crippen LogP contribution in [-0.4, -0.2) is 11.6 Å². The molecule has 1 aromatic carbocycles. The summed E-state index contributed by atoms with van der Waals surface area (Å²) in [7, 11) is 0. The van der Waals surface area contributed by atoms with Crippen LogP contribution in [0.5, 0.6) is 0 Å². The molecule has 0 saturated carbocycles. The van der Waals surface area contributed by atoms with Crippen LogP contribution in [0.15, 0.2) is 33.8 Å². The molecule has 0 aromatic heterocycles. The van der Waals surface area contributed by atoms with Crippen LogP contribution >= 0.6 is 15.9 Å². The summed E-state index contributed by atoms with van der Waals surface area (Å²) < 4.78 is 0.886. The molecule has 2 rings (SSSR count). The van der Waals surface area contributed by atoms with Crippen molar-refractivity contribution in [1.29, 1.82) is 0 Å². The maximum absolute atomic E-state index is 12.1. The molecule has 0 fully saturated rings. The Labute approximate surface area is 103 Å². The molecular formula is C12H13BrN2O. The Morgan fingerprint density at radius 3 is 2.69 bits per heavy atom. The third-order valence-corrected chi connectivity index (χ3v) is 3.43. The molecule has 3 nitrogen and oxygen atoms in total. The SMILES string of the molecule is CCC1C(=O)N(c2ccccc2Br)N=C1C. The molecule has 16 heavy (non-hydrogen) atoms. The number of amides is 1. The monoisotopic (exact) mass is 280 g/mol. The largest absolute Gasteiger partial charge is 0.272 e. The minimum absolute atomic E-state index is 0.0619. The highest BCUT2D eigenvalue weighted by molar-refractivity contribution is 9.10. The third kappa shape index (κ3) is 1.78. The van der Waals surface area contributed by atoms with Gasteiger partial charge < -0.3 is 0 Å². The van der Waals surface area contributed by atoms with E-state index in [1.165, 1.54) is 5.01 Å². The maximum Gasteiger partial charge on any atom is 0.256 e. The van der Waals surface area contributed by atoms with E-state index >= 15 is 0 Å². The van der Waals surface area contributed by atoms with E-state index in [0.717, 1.165) is 22.3 Å². The molecule has 1 unspecified atom stereocenters. The van der Waals surface area contributed by atoms with Gasteiger partial charge in [-0.1, -0.05) is 19.1 Å². The van der Waals surface area contributed by atoms with Gasteiger partial charge in [-0.15, -0.1) is 0 Å². The third-order valence-electron chi connectivity index (χ3n) is 2.76. The van der Waals surface area contributed by atoms with Gasteiger partial charge in [-0.2, -0.15) is 10.1 Å². The number of anilines is 1. The quantitative estimate of drug-likeness (QED) is 0.819. The molecule has 1 heterocycles. The van der Waals surface area contributed by atoms with Gasteiger partial charge in [-0.3, -0.25) is 4.79 Å². The lowest BCUT2D eigenvalue weighted by Gasteiger charge is -2.14. The number of carbonyl (C=O) groups is 1. The lowest BCUT2D eigenvalue weighted by molar-refractivity contribution is -0.119. The fraction of sp³-hybridized carbons (Fsp3) is 0.333. The topological polar surface area (TPSA) is 32.7 Å². The number of hydrogen-bond acceptors (Lipinski definition) is 2. The second-order valence-corrected chi connectivity index (χ2v) is 4.66. The summed E-state index contributed by atoms with van der Waals surface area (Å²) in [5, 5.41) is 5.82. The van der Waals surface area contributed by atoms with Gasteiger partial charge in [0, 0.05) is 10.2 Å². The van der Waals surface area contributed by atoms with Crippen molar-refractivity contribution in [2.45, 2.75) is 20.3 Å². The van der Waals surface area contributed by atoms with Gasteiger partial charge >= 0.3 is 0 Å². The fourth-order valence-corrected chi connectivity index (χ4v) is 2.32. The summed E-state index contributed by atoms with van der Waals surface area (Å²) in [4.78, 5) is 12.1. The van der Waals surface area contributed by atoms with Gasteiger partial charge in [0.15, 0.2) is 0 Å². The molecular weight excluding hydrogens is 268 g/mol. The Bertz CT molecular complexity index is 456. The summed E-state index contributed by atoms with van der Waals surface area (Å²) in [5.41, 5.74) is 1.70. The first kappa shape index (κ1) is 11.3. The van der Waals surface area contributed by atoms with Crippen molar-refractivity contribution in [3.05, 3.63) is 28.7 Å². The second kappa shape index (κ2) is 4.37. The highest BCUT2D eigenvalue weighted by atomic mass is 79.9. The van der Waals surface area contributed by atoms with Gasteiger partial charge in [0.2, 0.25) is 0 Å². The summed E-state index contributed by atoms with van der Waals surface area (Å²) >= 11 is 3.43. The molecule has 1 aliphatic rings. The molecule has 0 bridgehead atoms. The number of halogens is 1. The molecule has 84 valence electrons. The predicted molar refractivity (Wildman–Crippen MR) is 68.5 cm³/mol. The Balaban J connectivity index is 2.38. The van der Waals surface area contributed by atoms with Crippen molar-refractivity contribution < 1.29 is 4.79 Å². The van der Waals surface area contributed by atoms with Crippen molar-refractivity contribution in [3.8, 4) is 0 Å². The van der Waals surface area contributed by atoms with Crippen LogP contribution < -0.4 is 5.01 Å². The molecule has 0 N–H and O–H groups in total. The number of nitrogens with zero attached hydrogens (tertiary/aromatic N) is 2. The predicted octanol–water partition coefficient (Wildman–Crippen LogP) is 3.20. The van der Waals surface area contributed by atoms with E-state index < -0.39 is 0 Å². The first-order valence-electron chi connectivity index (χ1n) is 5.28. The average Bonchev–Trinajstić information content (AvgIpc) is 2.55. The lowest BCUT2D eigenvalue weighted by atomic mass is 10.0. The van der Waals surface area contributed by atoms with Crippen LogP contribution in [0.25, 0.3) is 0 Å². The zero-order chi connectivity index (χ0) is 11.7. The van der Waals surface area contributed by atoms with E-state index in [2.05, 4.69) is 21.0 Å². The van der Waals surface area contributed by atoms with Crippen LogP contribution in [0.1, 0.15) is 20.3 Å². The van der Waals surface area contributed by atoms with E-state index in [0.29, 0.717) is 0 Å². The molecule has 1 amide bonds. The summed E-state index contributed by atoms with van der Waals surface area (Å²) in [6.45, 7) is 3.91. The standard InChI is InChI=1S/C12H13BrN2O/c1-3-9-8(2)14-15(12(9)16)11-7-5-4-6-10(11)13/h4-7,9H,3H2,1-2H3. The van der Waals surface area contributed by atoms with Crippen LogP contribution in [0, 0.1) is 5.92 Å². The molecule has 1 aliphatic heterocycles. The van der Waals surface area contributed by atoms with Gasteiger partial charge in [0.25, 0.3) is 5.91 Å². The number of hydrogen-bond donors (Lipinski definition) is 0. The van der Waals surface area contributed by atoms with Crippen molar-refractivity contribution in [2.24, 2.45) is 11.0 Å². The van der Waals surface area contributed by atoms with Gasteiger partial charge in [-0.25, -0.2) is 0 Å². The molecule has 0 radical (unpaired) electrons. The maximum atomic E-state index is 12.1. The Morgan fingerprint density at radius 2 is 2.12 bits per heavy atom. The summed E-state index contributed by atoms with van der Waals surface area (Å²) in [6.07, 6.45) is 0.801. The van der Waals surface area contributed by atoms with E-state index in [9.17, 15) is 4.79 Å². The molecule has 0 saturated heterocycles. The molecule has 1 aromatic rings. The van der Waals surface area contributed by atoms with Crippen molar-refractivity contribution in [2.75, 3.05) is 5.01 Å². The average molecular weight is 281 g/mol. The highest BCUT2D eigenvalue weighted by Gasteiger charge is 2.33. The first-order chi connectivity index (χ1) is 7.65.